The zero-order valence-corrected chi connectivity index (χ0v) is 16.5. The fourth-order valence-electron chi connectivity index (χ4n) is 3.76. The van der Waals surface area contributed by atoms with Gasteiger partial charge in [0.15, 0.2) is 0 Å². The number of carbonyl (C=O) groups is 1. The van der Waals surface area contributed by atoms with Crippen LogP contribution in [0.15, 0.2) is 30.3 Å². The van der Waals surface area contributed by atoms with E-state index in [9.17, 15) is 4.79 Å². The highest BCUT2D eigenvalue weighted by molar-refractivity contribution is 14.1. The van der Waals surface area contributed by atoms with Gasteiger partial charge in [-0.25, -0.2) is 4.79 Å². The molecule has 1 aliphatic rings. The molecular weight excluding hydrogens is 415 g/mol. The predicted molar refractivity (Wildman–Crippen MR) is 105 cm³/mol. The van der Waals surface area contributed by atoms with Crippen molar-refractivity contribution in [1.82, 2.24) is 0 Å². The average Bonchev–Trinajstić information content (AvgIpc) is 2.55. The van der Waals surface area contributed by atoms with E-state index >= 15 is 0 Å². The topological polar surface area (TPSA) is 35.5 Å². The van der Waals surface area contributed by atoms with E-state index < -0.39 is 0 Å². The second-order valence-corrected chi connectivity index (χ2v) is 8.04. The van der Waals surface area contributed by atoms with Crippen molar-refractivity contribution in [2.75, 3.05) is 7.11 Å². The number of halogens is 1. The molecule has 1 fully saturated rings. The molecule has 24 heavy (non-hydrogen) atoms. The Morgan fingerprint density at radius 3 is 2.46 bits per heavy atom. The van der Waals surface area contributed by atoms with Crippen LogP contribution in [0.2, 0.25) is 0 Å². The zero-order chi connectivity index (χ0) is 17.3. The van der Waals surface area contributed by atoms with E-state index in [1.807, 2.05) is 30.3 Å². The maximum atomic E-state index is 11.7. The minimum atomic E-state index is -0.308. The molecule has 0 heterocycles. The van der Waals surface area contributed by atoms with Crippen molar-refractivity contribution in [3.63, 3.8) is 0 Å². The Morgan fingerprint density at radius 1 is 1.08 bits per heavy atom. The second-order valence-electron chi connectivity index (χ2n) is 6.96. The maximum Gasteiger partial charge on any atom is 0.337 e. The average molecular weight is 438 g/mol. The molecule has 0 unspecified atom stereocenters. The summed E-state index contributed by atoms with van der Waals surface area (Å²) in [5.41, 5.74) is 0.574. The number of esters is 1. The SMILES string of the molecule is COC(=O)c1ccc2c(I)c(OC3C[C@H](C)C[C@@H](C)C3)ccc2c1. The first-order valence-electron chi connectivity index (χ1n) is 8.45. The molecule has 0 bridgehead atoms. The van der Waals surface area contributed by atoms with Crippen LogP contribution in [0, 0.1) is 15.4 Å². The summed E-state index contributed by atoms with van der Waals surface area (Å²) in [5, 5.41) is 2.14. The number of hydrogen-bond acceptors (Lipinski definition) is 3. The minimum absolute atomic E-state index is 0.295. The van der Waals surface area contributed by atoms with E-state index in [1.165, 1.54) is 13.5 Å². The lowest BCUT2D eigenvalue weighted by molar-refractivity contribution is 0.0601. The molecule has 1 saturated carbocycles. The number of benzene rings is 2. The third-order valence-electron chi connectivity index (χ3n) is 4.77. The molecule has 4 heteroatoms. The van der Waals surface area contributed by atoms with Gasteiger partial charge in [0, 0.05) is 0 Å². The molecule has 0 amide bonds. The fourth-order valence-corrected chi connectivity index (χ4v) is 4.55. The molecule has 0 aliphatic heterocycles. The van der Waals surface area contributed by atoms with Crippen molar-refractivity contribution >= 4 is 39.3 Å². The van der Waals surface area contributed by atoms with Gasteiger partial charge in [0.05, 0.1) is 22.3 Å². The number of hydrogen-bond donors (Lipinski definition) is 0. The van der Waals surface area contributed by atoms with E-state index in [1.54, 1.807) is 0 Å². The van der Waals surface area contributed by atoms with Gasteiger partial charge in [-0.3, -0.25) is 0 Å². The predicted octanol–water partition coefficient (Wildman–Crippen LogP) is 5.43. The van der Waals surface area contributed by atoms with E-state index in [2.05, 4.69) is 36.4 Å². The smallest absolute Gasteiger partial charge is 0.337 e. The van der Waals surface area contributed by atoms with Gasteiger partial charge in [-0.15, -0.1) is 0 Å². The van der Waals surface area contributed by atoms with Crippen LogP contribution in [-0.2, 0) is 4.74 Å². The molecule has 2 aromatic carbocycles. The van der Waals surface area contributed by atoms with Crippen LogP contribution in [0.25, 0.3) is 10.8 Å². The van der Waals surface area contributed by atoms with Gasteiger partial charge in [-0.1, -0.05) is 26.0 Å². The van der Waals surface area contributed by atoms with E-state index in [0.717, 1.165) is 44.8 Å². The van der Waals surface area contributed by atoms with Crippen LogP contribution in [0.1, 0.15) is 43.5 Å². The normalized spacial score (nSPS) is 23.9. The summed E-state index contributed by atoms with van der Waals surface area (Å²) in [7, 11) is 1.40. The molecule has 128 valence electrons. The highest BCUT2D eigenvalue weighted by Crippen LogP contribution is 2.35. The Hall–Kier alpha value is -1.30. The van der Waals surface area contributed by atoms with Gasteiger partial charge >= 0.3 is 5.97 Å². The van der Waals surface area contributed by atoms with Crippen LogP contribution in [-0.4, -0.2) is 19.2 Å². The molecule has 1 aliphatic carbocycles. The highest BCUT2D eigenvalue weighted by atomic mass is 127. The molecule has 0 saturated heterocycles. The first-order chi connectivity index (χ1) is 11.5. The fraction of sp³-hybridized carbons (Fsp3) is 0.450. The quantitative estimate of drug-likeness (QED) is 0.473. The van der Waals surface area contributed by atoms with E-state index in [-0.39, 0.29) is 5.97 Å². The molecular formula is C20H23IO3. The summed E-state index contributed by atoms with van der Waals surface area (Å²) in [6.45, 7) is 4.62. The van der Waals surface area contributed by atoms with Crippen molar-refractivity contribution in [1.29, 1.82) is 0 Å². The van der Waals surface area contributed by atoms with Gasteiger partial charge in [-0.2, -0.15) is 0 Å². The standard InChI is InChI=1S/C20H23IO3/c1-12-8-13(2)10-16(9-12)24-18-7-5-14-11-15(20(22)23-3)4-6-17(14)19(18)21/h4-7,11-13,16H,8-10H2,1-3H3/t12-,13-/m1/s1. The lowest BCUT2D eigenvalue weighted by Gasteiger charge is -2.32. The Morgan fingerprint density at radius 2 is 1.79 bits per heavy atom. The Balaban J connectivity index is 1.87. The third-order valence-corrected chi connectivity index (χ3v) is 5.88. The van der Waals surface area contributed by atoms with Crippen molar-refractivity contribution < 1.29 is 14.3 Å². The molecule has 2 aromatic rings. The Labute approximate surface area is 156 Å². The number of carbonyl (C=O) groups excluding carboxylic acids is 1. The lowest BCUT2D eigenvalue weighted by atomic mass is 9.82. The number of fused-ring (bicyclic) bond motifs is 1. The number of rotatable bonds is 3. The second kappa shape index (κ2) is 7.30. The first kappa shape index (κ1) is 17.5. The van der Waals surface area contributed by atoms with Gasteiger partial charge in [-0.05, 0) is 82.7 Å². The van der Waals surface area contributed by atoms with Crippen LogP contribution in [0.5, 0.6) is 5.75 Å². The van der Waals surface area contributed by atoms with Crippen molar-refractivity contribution in [3.8, 4) is 5.75 Å². The molecule has 0 radical (unpaired) electrons. The summed E-state index contributed by atoms with van der Waals surface area (Å²) in [6.07, 6.45) is 3.84. The van der Waals surface area contributed by atoms with Gasteiger partial charge in [0.1, 0.15) is 5.75 Å². The first-order valence-corrected chi connectivity index (χ1v) is 9.53. The van der Waals surface area contributed by atoms with E-state index in [4.69, 9.17) is 9.47 Å². The van der Waals surface area contributed by atoms with Crippen molar-refractivity contribution in [2.24, 2.45) is 11.8 Å². The van der Waals surface area contributed by atoms with Crippen molar-refractivity contribution in [3.05, 3.63) is 39.5 Å². The summed E-state index contributed by atoms with van der Waals surface area (Å²) in [5.74, 6) is 2.08. The summed E-state index contributed by atoms with van der Waals surface area (Å²) in [4.78, 5) is 11.7. The number of ether oxygens (including phenoxy) is 2. The van der Waals surface area contributed by atoms with Crippen LogP contribution in [0.4, 0.5) is 0 Å². The van der Waals surface area contributed by atoms with Gasteiger partial charge in [0.25, 0.3) is 0 Å². The van der Waals surface area contributed by atoms with E-state index in [0.29, 0.717) is 11.7 Å². The third kappa shape index (κ3) is 3.68. The van der Waals surface area contributed by atoms with Crippen LogP contribution in [0.3, 0.4) is 0 Å². The van der Waals surface area contributed by atoms with Crippen LogP contribution < -0.4 is 4.74 Å². The Kier molecular flexibility index (Phi) is 5.33. The van der Waals surface area contributed by atoms with Gasteiger partial charge < -0.3 is 9.47 Å². The maximum absolute atomic E-state index is 11.7. The summed E-state index contributed by atoms with van der Waals surface area (Å²) in [6, 6.07) is 9.70. The summed E-state index contributed by atoms with van der Waals surface area (Å²) >= 11 is 2.34. The number of methoxy groups -OCH3 is 1. The molecule has 0 aromatic heterocycles. The zero-order valence-electron chi connectivity index (χ0n) is 14.3. The molecule has 3 nitrogen and oxygen atoms in total. The minimum Gasteiger partial charge on any atom is -0.489 e. The van der Waals surface area contributed by atoms with Crippen molar-refractivity contribution in [2.45, 2.75) is 39.2 Å². The molecule has 0 spiro atoms. The van der Waals surface area contributed by atoms with Gasteiger partial charge in [0.2, 0.25) is 0 Å². The molecule has 2 atom stereocenters. The lowest BCUT2D eigenvalue weighted by Crippen LogP contribution is -2.28. The Bertz CT molecular complexity index is 746. The molecule has 0 N–H and O–H groups in total. The molecule has 3 rings (SSSR count). The summed E-state index contributed by atoms with van der Waals surface area (Å²) < 4.78 is 12.2. The van der Waals surface area contributed by atoms with Crippen LogP contribution >= 0.6 is 22.6 Å². The highest BCUT2D eigenvalue weighted by Gasteiger charge is 2.26. The largest absolute Gasteiger partial charge is 0.489 e. The monoisotopic (exact) mass is 438 g/mol.